The van der Waals surface area contributed by atoms with Crippen molar-refractivity contribution in [3.63, 3.8) is 0 Å². The quantitative estimate of drug-likeness (QED) is 0.492. The van der Waals surface area contributed by atoms with Gasteiger partial charge in [-0.3, -0.25) is 4.79 Å². The molecule has 0 bridgehead atoms. The van der Waals surface area contributed by atoms with E-state index in [0.29, 0.717) is 17.4 Å². The van der Waals surface area contributed by atoms with E-state index < -0.39 is 5.97 Å². The molecule has 0 aliphatic heterocycles. The first kappa shape index (κ1) is 21.7. The Morgan fingerprint density at radius 3 is 2.39 bits per heavy atom. The summed E-state index contributed by atoms with van der Waals surface area (Å²) in [6.07, 6.45) is 8.25. The number of carboxylic acid groups (broad SMARTS) is 1. The van der Waals surface area contributed by atoms with Gasteiger partial charge in [-0.1, -0.05) is 49.6 Å². The maximum atomic E-state index is 13.3. The predicted octanol–water partition coefficient (Wildman–Crippen LogP) is 5.92. The van der Waals surface area contributed by atoms with Crippen molar-refractivity contribution in [3.8, 4) is 11.3 Å². The molecular weight excluding hydrogens is 412 g/mol. The Morgan fingerprint density at radius 2 is 1.73 bits per heavy atom. The third kappa shape index (κ3) is 4.41. The summed E-state index contributed by atoms with van der Waals surface area (Å²) < 4.78 is 2.14. The van der Waals surface area contributed by atoms with Crippen molar-refractivity contribution < 1.29 is 14.7 Å². The number of nitrogens with zero attached hydrogens (tertiary/aromatic N) is 2. The Kier molecular flexibility index (Phi) is 5.96. The first-order valence-corrected chi connectivity index (χ1v) is 12.2. The predicted molar refractivity (Wildman–Crippen MR) is 131 cm³/mol. The van der Waals surface area contributed by atoms with Crippen LogP contribution in [0.15, 0.2) is 48.5 Å². The summed E-state index contributed by atoms with van der Waals surface area (Å²) in [6, 6.07) is 15.7. The van der Waals surface area contributed by atoms with Crippen molar-refractivity contribution in [2.45, 2.75) is 57.4 Å². The fourth-order valence-corrected chi connectivity index (χ4v) is 5.44. The molecule has 0 radical (unpaired) electrons. The van der Waals surface area contributed by atoms with Crippen molar-refractivity contribution in [1.29, 1.82) is 0 Å². The molecule has 5 heteroatoms. The molecule has 2 saturated carbocycles. The van der Waals surface area contributed by atoms with Gasteiger partial charge in [-0.2, -0.15) is 0 Å². The summed E-state index contributed by atoms with van der Waals surface area (Å²) in [7, 11) is 1.90. The lowest BCUT2D eigenvalue weighted by Crippen LogP contribution is -2.32. The normalized spacial score (nSPS) is 16.8. The topological polar surface area (TPSA) is 62.5 Å². The van der Waals surface area contributed by atoms with Gasteiger partial charge in [0, 0.05) is 24.5 Å². The molecule has 5 nitrogen and oxygen atoms in total. The third-order valence-corrected chi connectivity index (χ3v) is 7.36. The number of hydrogen-bond acceptors (Lipinski definition) is 2. The average molecular weight is 445 g/mol. The molecule has 2 aliphatic carbocycles. The Balaban J connectivity index is 1.69. The second-order valence-corrected chi connectivity index (χ2v) is 9.80. The zero-order chi connectivity index (χ0) is 22.9. The Bertz CT molecular complexity index is 1170. The maximum Gasteiger partial charge on any atom is 0.335 e. The highest BCUT2D eigenvalue weighted by atomic mass is 16.4. The minimum Gasteiger partial charge on any atom is -0.478 e. The van der Waals surface area contributed by atoms with Gasteiger partial charge in [-0.25, -0.2) is 4.79 Å². The van der Waals surface area contributed by atoms with Crippen LogP contribution in [-0.2, 0) is 11.3 Å². The Labute approximate surface area is 195 Å². The molecule has 1 aromatic heterocycles. The molecule has 5 rings (SSSR count). The number of rotatable bonds is 7. The van der Waals surface area contributed by atoms with Crippen molar-refractivity contribution in [2.75, 3.05) is 13.6 Å². The molecule has 1 amide bonds. The van der Waals surface area contributed by atoms with Crippen molar-refractivity contribution >= 4 is 22.8 Å². The van der Waals surface area contributed by atoms with Crippen LogP contribution in [0.25, 0.3) is 22.2 Å². The lowest BCUT2D eigenvalue weighted by molar-refractivity contribution is -0.130. The van der Waals surface area contributed by atoms with Gasteiger partial charge in [0.2, 0.25) is 5.91 Å². The third-order valence-electron chi connectivity index (χ3n) is 7.36. The number of hydrogen-bond donors (Lipinski definition) is 1. The highest BCUT2D eigenvalue weighted by Gasteiger charge is 2.29. The zero-order valence-electron chi connectivity index (χ0n) is 19.3. The fraction of sp³-hybridized carbons (Fsp3) is 0.429. The van der Waals surface area contributed by atoms with Gasteiger partial charge in [0.05, 0.1) is 11.3 Å². The second kappa shape index (κ2) is 9.05. The zero-order valence-corrected chi connectivity index (χ0v) is 19.3. The molecule has 1 heterocycles. The Hall–Kier alpha value is -3.08. The number of benzene rings is 2. The number of carbonyl (C=O) groups excluding carboxylic acids is 1. The van der Waals surface area contributed by atoms with Gasteiger partial charge in [0.15, 0.2) is 0 Å². The molecular formula is C28H32N2O3. The van der Waals surface area contributed by atoms with E-state index in [1.54, 1.807) is 6.07 Å². The molecule has 0 unspecified atom stereocenters. The van der Waals surface area contributed by atoms with E-state index in [9.17, 15) is 14.7 Å². The average Bonchev–Trinajstić information content (AvgIpc) is 3.60. The van der Waals surface area contributed by atoms with Crippen molar-refractivity contribution in [2.24, 2.45) is 5.92 Å². The number of carbonyl (C=O) groups is 2. The van der Waals surface area contributed by atoms with E-state index in [1.165, 1.54) is 37.7 Å². The smallest absolute Gasteiger partial charge is 0.335 e. The number of carboxylic acids is 1. The van der Waals surface area contributed by atoms with E-state index in [0.717, 1.165) is 41.5 Å². The fourth-order valence-electron chi connectivity index (χ4n) is 5.44. The van der Waals surface area contributed by atoms with Gasteiger partial charge in [-0.05, 0) is 66.8 Å². The molecule has 2 aliphatic rings. The summed E-state index contributed by atoms with van der Waals surface area (Å²) in [5.74, 6) is 0.208. The molecule has 1 N–H and O–H groups in total. The van der Waals surface area contributed by atoms with Gasteiger partial charge >= 0.3 is 5.97 Å². The number of fused-ring (bicyclic) bond motifs is 1. The summed E-state index contributed by atoms with van der Waals surface area (Å²) in [5, 5.41) is 10.7. The van der Waals surface area contributed by atoms with E-state index in [1.807, 2.05) is 42.3 Å². The molecule has 2 fully saturated rings. The number of aromatic nitrogens is 1. The van der Waals surface area contributed by atoms with Crippen LogP contribution in [0.4, 0.5) is 0 Å². The minimum atomic E-state index is -0.916. The summed E-state index contributed by atoms with van der Waals surface area (Å²) in [4.78, 5) is 26.9. The molecule has 172 valence electrons. The molecule has 0 atom stereocenters. The number of aromatic carboxylic acids is 1. The van der Waals surface area contributed by atoms with Crippen LogP contribution in [0.3, 0.4) is 0 Å². The lowest BCUT2D eigenvalue weighted by atomic mass is 9.81. The Morgan fingerprint density at radius 1 is 1.00 bits per heavy atom. The van der Waals surface area contributed by atoms with E-state index >= 15 is 0 Å². The monoisotopic (exact) mass is 444 g/mol. The SMILES string of the molecule is CN(CC1CC1)C(=O)Cn1c(-c2ccccc2)c(C2CCCCC2)c2cc(C(=O)O)ccc21. The van der Waals surface area contributed by atoms with Gasteiger partial charge in [0.1, 0.15) is 6.54 Å². The first-order chi connectivity index (χ1) is 16.0. The molecule has 0 saturated heterocycles. The largest absolute Gasteiger partial charge is 0.478 e. The summed E-state index contributed by atoms with van der Waals surface area (Å²) in [5.41, 5.74) is 4.63. The van der Waals surface area contributed by atoms with Gasteiger partial charge in [-0.15, -0.1) is 0 Å². The molecule has 3 aromatic rings. The second-order valence-electron chi connectivity index (χ2n) is 9.80. The number of amides is 1. The van der Waals surface area contributed by atoms with E-state index in [4.69, 9.17) is 0 Å². The van der Waals surface area contributed by atoms with Crippen LogP contribution in [-0.4, -0.2) is 40.0 Å². The minimum absolute atomic E-state index is 0.105. The summed E-state index contributed by atoms with van der Waals surface area (Å²) >= 11 is 0. The highest BCUT2D eigenvalue weighted by Crippen LogP contribution is 2.44. The van der Waals surface area contributed by atoms with Crippen LogP contribution >= 0.6 is 0 Å². The van der Waals surface area contributed by atoms with Gasteiger partial charge in [0.25, 0.3) is 0 Å². The first-order valence-electron chi connectivity index (χ1n) is 12.2. The van der Waals surface area contributed by atoms with Crippen molar-refractivity contribution in [3.05, 3.63) is 59.7 Å². The molecule has 0 spiro atoms. The standard InChI is InChI=1S/C28H32N2O3/c1-29(17-19-12-13-19)25(31)18-30-24-15-14-22(28(32)33)16-23(24)26(20-8-4-2-5-9-20)27(30)21-10-6-3-7-11-21/h3,6-7,10-11,14-16,19-20H,2,4-5,8-9,12-13,17-18H2,1H3,(H,32,33). The van der Waals surface area contributed by atoms with Crippen LogP contribution in [0, 0.1) is 5.92 Å². The molecule has 2 aromatic carbocycles. The van der Waals surface area contributed by atoms with Crippen LogP contribution in [0.5, 0.6) is 0 Å². The van der Waals surface area contributed by atoms with E-state index in [-0.39, 0.29) is 12.5 Å². The van der Waals surface area contributed by atoms with E-state index in [2.05, 4.69) is 16.7 Å². The van der Waals surface area contributed by atoms with Crippen LogP contribution in [0.2, 0.25) is 0 Å². The number of likely N-dealkylation sites (N-methyl/N-ethyl adjacent to an activating group) is 1. The van der Waals surface area contributed by atoms with Gasteiger partial charge < -0.3 is 14.6 Å². The molecule has 33 heavy (non-hydrogen) atoms. The lowest BCUT2D eigenvalue weighted by Gasteiger charge is -2.24. The summed E-state index contributed by atoms with van der Waals surface area (Å²) in [6.45, 7) is 1.08. The van der Waals surface area contributed by atoms with Crippen LogP contribution < -0.4 is 0 Å². The van der Waals surface area contributed by atoms with Crippen molar-refractivity contribution in [1.82, 2.24) is 9.47 Å². The maximum absolute atomic E-state index is 13.3. The highest BCUT2D eigenvalue weighted by molar-refractivity contribution is 5.99. The van der Waals surface area contributed by atoms with Crippen LogP contribution in [0.1, 0.15) is 66.8 Å².